The van der Waals surface area contributed by atoms with Crippen molar-refractivity contribution in [3.63, 3.8) is 0 Å². The smallest absolute Gasteiger partial charge is 0.128 e. The first-order valence-corrected chi connectivity index (χ1v) is 4.39. The van der Waals surface area contributed by atoms with Crippen molar-refractivity contribution in [3.8, 4) is 22.8 Å². The highest BCUT2D eigenvalue weighted by Crippen LogP contribution is 2.34. The lowest BCUT2D eigenvalue weighted by Gasteiger charge is -2.06. The fourth-order valence-electron chi connectivity index (χ4n) is 1.50. The number of aromatic hydroxyl groups is 2. The molecule has 4 N–H and O–H groups in total. The summed E-state index contributed by atoms with van der Waals surface area (Å²) in [4.78, 5) is 0. The van der Waals surface area contributed by atoms with Crippen molar-refractivity contribution >= 4 is 5.69 Å². The van der Waals surface area contributed by atoms with E-state index in [1.165, 1.54) is 18.3 Å². The highest BCUT2D eigenvalue weighted by molar-refractivity contribution is 5.77. The highest BCUT2D eigenvalue weighted by Gasteiger charge is 2.12. The Morgan fingerprint density at radius 2 is 2.07 bits per heavy atom. The van der Waals surface area contributed by atoms with Crippen molar-refractivity contribution < 1.29 is 10.2 Å². The van der Waals surface area contributed by atoms with Crippen LogP contribution in [0.15, 0.2) is 24.4 Å². The molecule has 1 heterocycles. The number of nitrogen functional groups attached to an aromatic ring is 1. The molecule has 5 nitrogen and oxygen atoms in total. The predicted molar refractivity (Wildman–Crippen MR) is 56.4 cm³/mol. The zero-order valence-corrected chi connectivity index (χ0v) is 8.18. The topological polar surface area (TPSA) is 84.3 Å². The number of aryl methyl sites for hydroxylation is 1. The second kappa shape index (κ2) is 3.20. The van der Waals surface area contributed by atoms with Gasteiger partial charge in [-0.05, 0) is 12.1 Å². The van der Waals surface area contributed by atoms with Gasteiger partial charge in [0.1, 0.15) is 11.5 Å². The van der Waals surface area contributed by atoms with Gasteiger partial charge in [0.05, 0.1) is 17.6 Å². The van der Waals surface area contributed by atoms with Gasteiger partial charge in [0.15, 0.2) is 0 Å². The number of aromatic nitrogens is 2. The predicted octanol–water partition coefficient (Wildman–Crippen LogP) is 1.08. The zero-order chi connectivity index (χ0) is 11.0. The summed E-state index contributed by atoms with van der Waals surface area (Å²) >= 11 is 0. The van der Waals surface area contributed by atoms with Gasteiger partial charge in [0.2, 0.25) is 0 Å². The summed E-state index contributed by atoms with van der Waals surface area (Å²) in [5.41, 5.74) is 7.39. The molecule has 0 aliphatic heterocycles. The van der Waals surface area contributed by atoms with E-state index in [1.807, 2.05) is 0 Å². The van der Waals surface area contributed by atoms with Crippen molar-refractivity contribution in [2.75, 3.05) is 5.73 Å². The Balaban J connectivity index is 2.64. The van der Waals surface area contributed by atoms with Crippen molar-refractivity contribution in [2.24, 2.45) is 7.05 Å². The van der Waals surface area contributed by atoms with E-state index in [4.69, 9.17) is 10.8 Å². The van der Waals surface area contributed by atoms with Gasteiger partial charge >= 0.3 is 0 Å². The number of rotatable bonds is 1. The first kappa shape index (κ1) is 9.39. The van der Waals surface area contributed by atoms with Crippen LogP contribution < -0.4 is 5.73 Å². The van der Waals surface area contributed by atoms with Crippen LogP contribution in [0.3, 0.4) is 0 Å². The second-order valence-corrected chi connectivity index (χ2v) is 3.27. The molecule has 0 radical (unpaired) electrons. The monoisotopic (exact) mass is 205 g/mol. The highest BCUT2D eigenvalue weighted by atomic mass is 16.3. The van der Waals surface area contributed by atoms with Crippen molar-refractivity contribution in [1.82, 2.24) is 9.78 Å². The third kappa shape index (κ3) is 1.48. The van der Waals surface area contributed by atoms with E-state index in [0.717, 1.165) is 0 Å². The normalized spacial score (nSPS) is 10.5. The summed E-state index contributed by atoms with van der Waals surface area (Å²) in [5.74, 6) is -0.0118. The quantitative estimate of drug-likeness (QED) is 0.650. The van der Waals surface area contributed by atoms with Gasteiger partial charge in [-0.2, -0.15) is 5.10 Å². The molecule has 2 aromatic rings. The van der Waals surface area contributed by atoms with Crippen LogP contribution >= 0.6 is 0 Å². The first-order chi connectivity index (χ1) is 7.09. The maximum atomic E-state index is 9.66. The number of phenolic OH excluding ortho intramolecular Hbond substituents is 2. The molecule has 0 saturated carbocycles. The molecule has 0 saturated heterocycles. The fourth-order valence-corrected chi connectivity index (χ4v) is 1.50. The van der Waals surface area contributed by atoms with E-state index in [-0.39, 0.29) is 11.5 Å². The average Bonchev–Trinajstić information content (AvgIpc) is 2.48. The Kier molecular flexibility index (Phi) is 2.00. The summed E-state index contributed by atoms with van der Waals surface area (Å²) < 4.78 is 1.57. The van der Waals surface area contributed by atoms with Gasteiger partial charge in [0, 0.05) is 18.7 Å². The van der Waals surface area contributed by atoms with Crippen molar-refractivity contribution in [3.05, 3.63) is 24.4 Å². The van der Waals surface area contributed by atoms with E-state index >= 15 is 0 Å². The molecule has 0 bridgehead atoms. The number of hydrogen-bond acceptors (Lipinski definition) is 4. The van der Waals surface area contributed by atoms with Gasteiger partial charge in [-0.15, -0.1) is 0 Å². The number of benzene rings is 1. The van der Waals surface area contributed by atoms with E-state index < -0.39 is 0 Å². The number of phenols is 2. The lowest BCUT2D eigenvalue weighted by atomic mass is 10.1. The Labute approximate surface area is 86.4 Å². The number of nitrogens with two attached hydrogens (primary N) is 1. The van der Waals surface area contributed by atoms with Crippen LogP contribution in [0.5, 0.6) is 11.5 Å². The van der Waals surface area contributed by atoms with Gasteiger partial charge in [0.25, 0.3) is 0 Å². The van der Waals surface area contributed by atoms with Crippen molar-refractivity contribution in [2.45, 2.75) is 0 Å². The molecule has 2 rings (SSSR count). The van der Waals surface area contributed by atoms with Crippen LogP contribution in [0.4, 0.5) is 5.69 Å². The van der Waals surface area contributed by atoms with Crippen LogP contribution in [0.25, 0.3) is 11.3 Å². The Hall–Kier alpha value is -2.17. The third-order valence-electron chi connectivity index (χ3n) is 2.20. The van der Waals surface area contributed by atoms with E-state index in [9.17, 15) is 5.11 Å². The molecule has 1 aromatic carbocycles. The summed E-state index contributed by atoms with van der Waals surface area (Å²) in [6, 6.07) is 4.35. The molecule has 5 heteroatoms. The molecule has 0 atom stereocenters. The number of nitrogens with zero attached hydrogens (tertiary/aromatic N) is 2. The molecular weight excluding hydrogens is 194 g/mol. The second-order valence-electron chi connectivity index (χ2n) is 3.27. The molecule has 78 valence electrons. The van der Waals surface area contributed by atoms with Gasteiger partial charge in [-0.25, -0.2) is 0 Å². The minimum Gasteiger partial charge on any atom is -0.508 e. The standard InChI is InChI=1S/C10H11N3O2/c1-13-10(8(11)5-12-13)7-3-2-6(14)4-9(7)15/h2-5,14-15H,11H2,1H3. The van der Waals surface area contributed by atoms with Crippen LogP contribution in [-0.4, -0.2) is 20.0 Å². The Morgan fingerprint density at radius 1 is 1.33 bits per heavy atom. The van der Waals surface area contributed by atoms with Crippen LogP contribution in [0.1, 0.15) is 0 Å². The summed E-state index contributed by atoms with van der Waals surface area (Å²) in [6.45, 7) is 0. The van der Waals surface area contributed by atoms with E-state index in [0.29, 0.717) is 16.9 Å². The molecule has 0 amide bonds. The largest absolute Gasteiger partial charge is 0.508 e. The molecule has 15 heavy (non-hydrogen) atoms. The van der Waals surface area contributed by atoms with Gasteiger partial charge in [-0.3, -0.25) is 4.68 Å². The third-order valence-corrected chi connectivity index (χ3v) is 2.20. The summed E-state index contributed by atoms with van der Waals surface area (Å²) in [6.07, 6.45) is 1.52. The van der Waals surface area contributed by atoms with Gasteiger partial charge < -0.3 is 15.9 Å². The number of anilines is 1. The maximum absolute atomic E-state index is 9.66. The molecule has 0 spiro atoms. The zero-order valence-electron chi connectivity index (χ0n) is 8.18. The lowest BCUT2D eigenvalue weighted by Crippen LogP contribution is -1.95. The van der Waals surface area contributed by atoms with Crippen molar-refractivity contribution in [1.29, 1.82) is 0 Å². The molecular formula is C10H11N3O2. The van der Waals surface area contributed by atoms with E-state index in [1.54, 1.807) is 17.8 Å². The SMILES string of the molecule is Cn1ncc(N)c1-c1ccc(O)cc1O. The van der Waals surface area contributed by atoms with Gasteiger partial charge in [-0.1, -0.05) is 0 Å². The Bertz CT molecular complexity index is 486. The van der Waals surface area contributed by atoms with Crippen LogP contribution in [0.2, 0.25) is 0 Å². The van der Waals surface area contributed by atoms with E-state index in [2.05, 4.69) is 5.10 Å². The summed E-state index contributed by atoms with van der Waals surface area (Å²) in [7, 11) is 1.73. The lowest BCUT2D eigenvalue weighted by molar-refractivity contribution is 0.451. The minimum atomic E-state index is -0.0229. The molecule has 0 aliphatic carbocycles. The maximum Gasteiger partial charge on any atom is 0.128 e. The van der Waals surface area contributed by atoms with Crippen LogP contribution in [0, 0.1) is 0 Å². The average molecular weight is 205 g/mol. The first-order valence-electron chi connectivity index (χ1n) is 4.39. The molecule has 0 fully saturated rings. The molecule has 0 aliphatic rings. The summed E-state index contributed by atoms with van der Waals surface area (Å²) in [5, 5.41) is 22.8. The number of hydrogen-bond donors (Lipinski definition) is 3. The minimum absolute atomic E-state index is 0.0111. The molecule has 1 aromatic heterocycles. The Morgan fingerprint density at radius 3 is 2.60 bits per heavy atom. The fraction of sp³-hybridized carbons (Fsp3) is 0.100. The van der Waals surface area contributed by atoms with Crippen LogP contribution in [-0.2, 0) is 7.05 Å². The molecule has 0 unspecified atom stereocenters.